The number of halogens is 3. The minimum absolute atomic E-state index is 0.0361. The minimum Gasteiger partial charge on any atom is -0.371 e. The zero-order chi connectivity index (χ0) is 30.3. The molecule has 9 nitrogen and oxygen atoms in total. The normalized spacial score (nSPS) is 20.4. The molecule has 0 radical (unpaired) electrons. The number of amides is 2. The molecule has 0 aliphatic carbocycles. The third-order valence-corrected chi connectivity index (χ3v) is 9.15. The van der Waals surface area contributed by atoms with Crippen LogP contribution in [-0.2, 0) is 37.5 Å². The molecule has 2 aromatic carbocycles. The summed E-state index contributed by atoms with van der Waals surface area (Å²) in [6, 6.07) is 9.82. The molecule has 0 spiro atoms. The van der Waals surface area contributed by atoms with Gasteiger partial charge in [-0.15, -0.1) is 0 Å². The molecule has 4 rings (SSSR count). The van der Waals surface area contributed by atoms with E-state index in [2.05, 4.69) is 31.3 Å². The van der Waals surface area contributed by atoms with Gasteiger partial charge >= 0.3 is 0 Å². The van der Waals surface area contributed by atoms with Crippen molar-refractivity contribution in [1.82, 2.24) is 20.3 Å². The van der Waals surface area contributed by atoms with Crippen molar-refractivity contribution < 1.29 is 27.1 Å². The van der Waals surface area contributed by atoms with E-state index in [1.165, 1.54) is 11.0 Å². The highest BCUT2D eigenvalue weighted by Gasteiger charge is 2.42. The van der Waals surface area contributed by atoms with Crippen molar-refractivity contribution in [3.63, 3.8) is 0 Å². The Kier molecular flexibility index (Phi) is 11.8. The Morgan fingerprint density at radius 2 is 1.90 bits per heavy atom. The van der Waals surface area contributed by atoms with Gasteiger partial charge in [-0.05, 0) is 74.5 Å². The summed E-state index contributed by atoms with van der Waals surface area (Å²) in [5.74, 6) is -0.891. The largest absolute Gasteiger partial charge is 0.371 e. The van der Waals surface area contributed by atoms with Crippen molar-refractivity contribution >= 4 is 49.4 Å². The molecule has 0 unspecified atom stereocenters. The van der Waals surface area contributed by atoms with Crippen molar-refractivity contribution in [2.24, 2.45) is 5.92 Å². The molecule has 2 fully saturated rings. The van der Waals surface area contributed by atoms with Gasteiger partial charge in [0, 0.05) is 34.6 Å². The summed E-state index contributed by atoms with van der Waals surface area (Å²) in [5.41, 5.74) is 1.19. The summed E-state index contributed by atoms with van der Waals surface area (Å²) >= 11 is 9.21. The summed E-state index contributed by atoms with van der Waals surface area (Å²) in [5, 5.41) is 6.77. The Hall–Kier alpha value is -2.09. The second-order valence-corrected chi connectivity index (χ2v) is 14.1. The third-order valence-electron chi connectivity index (χ3n) is 7.69. The summed E-state index contributed by atoms with van der Waals surface area (Å²) in [7, 11) is -3.70. The number of rotatable bonds is 12. The second-order valence-electron chi connectivity index (χ2n) is 11.0. The molecular formula is C29H37BrClFN4O5S. The molecule has 13 heteroatoms. The molecule has 42 heavy (non-hydrogen) atoms. The molecule has 2 saturated heterocycles. The number of nitrogens with zero attached hydrogens (tertiary/aromatic N) is 1. The Bertz CT molecular complexity index is 1340. The van der Waals surface area contributed by atoms with Gasteiger partial charge < -0.3 is 20.3 Å². The zero-order valence-electron chi connectivity index (χ0n) is 23.5. The number of piperidine rings is 1. The highest BCUT2D eigenvalue weighted by atomic mass is 79.9. The van der Waals surface area contributed by atoms with Crippen LogP contribution in [0.3, 0.4) is 0 Å². The van der Waals surface area contributed by atoms with E-state index >= 15 is 0 Å². The smallest absolute Gasteiger partial charge is 0.243 e. The van der Waals surface area contributed by atoms with Crippen LogP contribution in [0.4, 0.5) is 4.39 Å². The average Bonchev–Trinajstić information content (AvgIpc) is 3.38. The van der Waals surface area contributed by atoms with Crippen molar-refractivity contribution in [3.05, 3.63) is 68.9 Å². The molecule has 3 N–H and O–H groups in total. The molecule has 230 valence electrons. The number of benzene rings is 2. The molecule has 2 aliphatic rings. The fourth-order valence-electron chi connectivity index (χ4n) is 5.43. The topological polar surface area (TPSA) is 117 Å². The maximum atomic E-state index is 14.4. The van der Waals surface area contributed by atoms with Gasteiger partial charge in [0.05, 0.1) is 19.0 Å². The van der Waals surface area contributed by atoms with Crippen molar-refractivity contribution in [2.75, 3.05) is 25.9 Å². The Morgan fingerprint density at radius 1 is 1.19 bits per heavy atom. The van der Waals surface area contributed by atoms with Crippen LogP contribution in [0.1, 0.15) is 43.2 Å². The van der Waals surface area contributed by atoms with Gasteiger partial charge in [-0.25, -0.2) is 17.5 Å². The van der Waals surface area contributed by atoms with Crippen molar-refractivity contribution in [1.29, 1.82) is 0 Å². The molecule has 0 aromatic heterocycles. The number of hydrogen-bond donors (Lipinski definition) is 3. The lowest BCUT2D eigenvalue weighted by Gasteiger charge is -2.30. The highest BCUT2D eigenvalue weighted by Crippen LogP contribution is 2.26. The third kappa shape index (κ3) is 9.72. The van der Waals surface area contributed by atoms with E-state index in [1.54, 1.807) is 36.4 Å². The summed E-state index contributed by atoms with van der Waals surface area (Å²) < 4.78 is 48.0. The standard InChI is InChI=1S/C29H37BrClFN4O5S/c1-42(39,40)35-26(9-4-19-10-12-33-13-11-19)29(38)36-17-24(41-18-21-5-6-22(30)14-25(21)32)15-27(36)28(37)34-16-20-2-7-23(31)8-3-20/h2-3,5-8,14,19,24,26-27,33,35H,4,9-13,15-18H2,1H3,(H,34,37)/t24-,26-,27-/m1/s1. The van der Waals surface area contributed by atoms with Crippen LogP contribution in [0.15, 0.2) is 46.9 Å². The van der Waals surface area contributed by atoms with E-state index < -0.39 is 39.9 Å². The first kappa shape index (κ1) is 32.8. The van der Waals surface area contributed by atoms with Crippen LogP contribution in [0, 0.1) is 11.7 Å². The van der Waals surface area contributed by atoms with Gasteiger partial charge in [0.1, 0.15) is 17.9 Å². The molecule has 2 amide bonds. The van der Waals surface area contributed by atoms with Gasteiger partial charge in [0.25, 0.3) is 0 Å². The quantitative estimate of drug-likeness (QED) is 0.313. The summed E-state index contributed by atoms with van der Waals surface area (Å²) in [6.45, 7) is 2.05. The van der Waals surface area contributed by atoms with Crippen LogP contribution < -0.4 is 15.4 Å². The number of hydrogen-bond acceptors (Lipinski definition) is 6. The number of carbonyl (C=O) groups is 2. The van der Waals surface area contributed by atoms with Gasteiger partial charge in [0.15, 0.2) is 0 Å². The highest BCUT2D eigenvalue weighted by molar-refractivity contribution is 9.10. The van der Waals surface area contributed by atoms with E-state index in [0.717, 1.165) is 37.8 Å². The van der Waals surface area contributed by atoms with Crippen LogP contribution in [-0.4, -0.2) is 69.2 Å². The van der Waals surface area contributed by atoms with Crippen LogP contribution in [0.2, 0.25) is 5.02 Å². The van der Waals surface area contributed by atoms with Gasteiger partial charge in [-0.3, -0.25) is 9.59 Å². The molecule has 2 heterocycles. The molecule has 3 atom stereocenters. The molecular weight excluding hydrogens is 651 g/mol. The maximum Gasteiger partial charge on any atom is 0.243 e. The van der Waals surface area contributed by atoms with Crippen LogP contribution >= 0.6 is 27.5 Å². The predicted molar refractivity (Wildman–Crippen MR) is 163 cm³/mol. The number of sulfonamides is 1. The Balaban J connectivity index is 1.49. The van der Waals surface area contributed by atoms with Gasteiger partial charge in [-0.1, -0.05) is 45.7 Å². The Labute approximate surface area is 260 Å². The second kappa shape index (κ2) is 15.1. The molecule has 2 aliphatic heterocycles. The average molecular weight is 688 g/mol. The minimum atomic E-state index is -3.70. The lowest BCUT2D eigenvalue weighted by molar-refractivity contribution is -0.140. The van der Waals surface area contributed by atoms with Crippen molar-refractivity contribution in [2.45, 2.75) is 63.4 Å². The van der Waals surface area contributed by atoms with E-state index in [9.17, 15) is 22.4 Å². The first-order valence-corrected chi connectivity index (χ1v) is 17.1. The SMILES string of the molecule is CS(=O)(=O)N[C@H](CCC1CCNCC1)C(=O)N1C[C@H](OCc2ccc(Br)cc2F)C[C@@H]1C(=O)NCc1ccc(Cl)cc1. The Morgan fingerprint density at radius 3 is 2.57 bits per heavy atom. The number of ether oxygens (including phenoxy) is 1. The van der Waals surface area contributed by atoms with Crippen LogP contribution in [0.25, 0.3) is 0 Å². The van der Waals surface area contributed by atoms with Crippen molar-refractivity contribution in [3.8, 4) is 0 Å². The van der Waals surface area contributed by atoms with E-state index in [4.69, 9.17) is 16.3 Å². The molecule has 0 saturated carbocycles. The fraction of sp³-hybridized carbons (Fsp3) is 0.517. The fourth-order valence-corrected chi connectivity index (χ4v) is 6.62. The van der Waals surface area contributed by atoms with Crippen LogP contribution in [0.5, 0.6) is 0 Å². The zero-order valence-corrected chi connectivity index (χ0v) is 26.6. The first-order valence-electron chi connectivity index (χ1n) is 14.0. The maximum absolute atomic E-state index is 14.4. The monoisotopic (exact) mass is 686 g/mol. The molecule has 2 aromatic rings. The summed E-state index contributed by atoms with van der Waals surface area (Å²) in [4.78, 5) is 28.7. The lowest BCUT2D eigenvalue weighted by atomic mass is 9.91. The van der Waals surface area contributed by atoms with Gasteiger partial charge in [-0.2, -0.15) is 0 Å². The van der Waals surface area contributed by atoms with E-state index in [1.807, 2.05) is 0 Å². The van der Waals surface area contributed by atoms with E-state index in [-0.39, 0.29) is 32.0 Å². The summed E-state index contributed by atoms with van der Waals surface area (Å²) in [6.07, 6.45) is 3.59. The molecule has 0 bridgehead atoms. The predicted octanol–water partition coefficient (Wildman–Crippen LogP) is 3.74. The lowest BCUT2D eigenvalue weighted by Crippen LogP contribution is -2.53. The first-order chi connectivity index (χ1) is 20.0. The van der Waals surface area contributed by atoms with Gasteiger partial charge in [0.2, 0.25) is 21.8 Å². The van der Waals surface area contributed by atoms with E-state index in [0.29, 0.717) is 33.8 Å². The number of likely N-dealkylation sites (tertiary alicyclic amines) is 1. The number of nitrogens with one attached hydrogen (secondary N) is 3. The number of carbonyl (C=O) groups excluding carboxylic acids is 2.